The molecule has 0 aliphatic heterocycles. The Morgan fingerprint density at radius 1 is 1.20 bits per heavy atom. The number of ether oxygens (including phenoxy) is 2. The SMILES string of the molecule is C=Cc1ccc(COC(=O)[C@H](CC(C)C)NC(=O)OC(C)(C)C)cc1. The number of carbonyl (C=O) groups excluding carboxylic acids is 2. The van der Waals surface area contributed by atoms with Gasteiger partial charge in [0.25, 0.3) is 0 Å². The molecule has 1 aromatic rings. The maximum absolute atomic E-state index is 12.4. The van der Waals surface area contributed by atoms with E-state index in [1.165, 1.54) is 0 Å². The van der Waals surface area contributed by atoms with Crippen LogP contribution in [0.4, 0.5) is 4.79 Å². The van der Waals surface area contributed by atoms with E-state index in [2.05, 4.69) is 11.9 Å². The molecule has 5 heteroatoms. The van der Waals surface area contributed by atoms with Crippen molar-refractivity contribution in [3.8, 4) is 0 Å². The Hall–Kier alpha value is -2.30. The van der Waals surface area contributed by atoms with Crippen LogP contribution in [0.3, 0.4) is 0 Å². The average Bonchev–Trinajstić information content (AvgIpc) is 2.50. The summed E-state index contributed by atoms with van der Waals surface area (Å²) in [7, 11) is 0. The van der Waals surface area contributed by atoms with Gasteiger partial charge in [-0.25, -0.2) is 9.59 Å². The predicted molar refractivity (Wildman–Crippen MR) is 98.9 cm³/mol. The first-order chi connectivity index (χ1) is 11.6. The van der Waals surface area contributed by atoms with Crippen LogP contribution in [-0.4, -0.2) is 23.7 Å². The molecule has 0 aliphatic rings. The van der Waals surface area contributed by atoms with E-state index >= 15 is 0 Å². The van der Waals surface area contributed by atoms with E-state index < -0.39 is 23.7 Å². The molecule has 1 amide bonds. The number of benzene rings is 1. The molecule has 1 rings (SSSR count). The number of carbonyl (C=O) groups is 2. The van der Waals surface area contributed by atoms with Gasteiger partial charge >= 0.3 is 12.1 Å². The van der Waals surface area contributed by atoms with E-state index in [0.29, 0.717) is 6.42 Å². The van der Waals surface area contributed by atoms with Gasteiger partial charge < -0.3 is 14.8 Å². The largest absolute Gasteiger partial charge is 0.459 e. The Kier molecular flexibility index (Phi) is 7.68. The third-order valence-corrected chi connectivity index (χ3v) is 3.28. The van der Waals surface area contributed by atoms with Crippen molar-refractivity contribution in [3.05, 3.63) is 42.0 Å². The van der Waals surface area contributed by atoms with Crippen molar-refractivity contribution in [2.24, 2.45) is 5.92 Å². The molecule has 0 spiro atoms. The normalized spacial score (nSPS) is 12.4. The molecule has 1 N–H and O–H groups in total. The summed E-state index contributed by atoms with van der Waals surface area (Å²) in [5.41, 5.74) is 1.25. The predicted octanol–water partition coefficient (Wildman–Crippen LogP) is 4.31. The van der Waals surface area contributed by atoms with Gasteiger partial charge in [0.1, 0.15) is 18.2 Å². The maximum Gasteiger partial charge on any atom is 0.408 e. The molecule has 0 saturated carbocycles. The van der Waals surface area contributed by atoms with Crippen LogP contribution >= 0.6 is 0 Å². The van der Waals surface area contributed by atoms with E-state index in [1.54, 1.807) is 26.8 Å². The van der Waals surface area contributed by atoms with Crippen molar-refractivity contribution in [1.29, 1.82) is 0 Å². The summed E-state index contributed by atoms with van der Waals surface area (Å²) in [5.74, 6) is -0.244. The van der Waals surface area contributed by atoms with E-state index in [4.69, 9.17) is 9.47 Å². The quantitative estimate of drug-likeness (QED) is 0.746. The third kappa shape index (κ3) is 8.38. The first kappa shape index (κ1) is 20.7. The summed E-state index contributed by atoms with van der Waals surface area (Å²) in [6.45, 7) is 13.1. The second-order valence-electron chi connectivity index (χ2n) is 7.38. The standard InChI is InChI=1S/C20H29NO4/c1-7-15-8-10-16(11-9-15)13-24-18(22)17(12-14(2)3)21-19(23)25-20(4,5)6/h7-11,14,17H,1,12-13H2,2-6H3,(H,21,23)/t17-/m0/s1. The van der Waals surface area contributed by atoms with Crippen LogP contribution in [-0.2, 0) is 20.9 Å². The first-order valence-electron chi connectivity index (χ1n) is 8.48. The minimum Gasteiger partial charge on any atom is -0.459 e. The number of alkyl carbamates (subject to hydrolysis) is 1. The summed E-state index contributed by atoms with van der Waals surface area (Å²) in [6, 6.07) is 6.83. The average molecular weight is 347 g/mol. The molecule has 1 atom stereocenters. The van der Waals surface area contributed by atoms with Gasteiger partial charge in [0.15, 0.2) is 0 Å². The van der Waals surface area contributed by atoms with E-state index in [-0.39, 0.29) is 12.5 Å². The fourth-order valence-corrected chi connectivity index (χ4v) is 2.14. The molecule has 5 nitrogen and oxygen atoms in total. The Morgan fingerprint density at radius 2 is 1.80 bits per heavy atom. The summed E-state index contributed by atoms with van der Waals surface area (Å²) in [6.07, 6.45) is 1.61. The fraction of sp³-hybridized carbons (Fsp3) is 0.500. The number of rotatable bonds is 7. The first-order valence-corrected chi connectivity index (χ1v) is 8.48. The van der Waals surface area contributed by atoms with Crippen molar-refractivity contribution in [2.75, 3.05) is 0 Å². The van der Waals surface area contributed by atoms with Crippen LogP contribution in [0.2, 0.25) is 0 Å². The van der Waals surface area contributed by atoms with Crippen molar-refractivity contribution < 1.29 is 19.1 Å². The van der Waals surface area contributed by atoms with Crippen LogP contribution < -0.4 is 5.32 Å². The highest BCUT2D eigenvalue weighted by Gasteiger charge is 2.26. The zero-order valence-corrected chi connectivity index (χ0v) is 15.8. The molecule has 0 unspecified atom stereocenters. The van der Waals surface area contributed by atoms with Crippen LogP contribution in [0, 0.1) is 5.92 Å². The van der Waals surface area contributed by atoms with E-state index in [1.807, 2.05) is 38.1 Å². The monoisotopic (exact) mass is 347 g/mol. The van der Waals surface area contributed by atoms with Crippen molar-refractivity contribution in [1.82, 2.24) is 5.32 Å². The van der Waals surface area contributed by atoms with Crippen LogP contribution in [0.1, 0.15) is 52.2 Å². The third-order valence-electron chi connectivity index (χ3n) is 3.28. The highest BCUT2D eigenvalue weighted by atomic mass is 16.6. The second kappa shape index (κ2) is 9.25. The molecule has 25 heavy (non-hydrogen) atoms. The van der Waals surface area contributed by atoms with Crippen LogP contribution in [0.25, 0.3) is 6.08 Å². The number of hydrogen-bond acceptors (Lipinski definition) is 4. The van der Waals surface area contributed by atoms with Gasteiger partial charge in [0, 0.05) is 0 Å². The van der Waals surface area contributed by atoms with Gasteiger partial charge in [0.05, 0.1) is 0 Å². The van der Waals surface area contributed by atoms with Gasteiger partial charge in [0.2, 0.25) is 0 Å². The Morgan fingerprint density at radius 3 is 2.28 bits per heavy atom. The Balaban J connectivity index is 2.65. The van der Waals surface area contributed by atoms with E-state index in [9.17, 15) is 9.59 Å². The topological polar surface area (TPSA) is 64.6 Å². The highest BCUT2D eigenvalue weighted by molar-refractivity contribution is 5.81. The molecular weight excluding hydrogens is 318 g/mol. The lowest BCUT2D eigenvalue weighted by Crippen LogP contribution is -2.44. The lowest BCUT2D eigenvalue weighted by molar-refractivity contribution is -0.148. The summed E-state index contributed by atoms with van der Waals surface area (Å²) in [5, 5.41) is 2.61. The van der Waals surface area contributed by atoms with Crippen LogP contribution in [0.5, 0.6) is 0 Å². The number of hydrogen-bond donors (Lipinski definition) is 1. The molecule has 0 aromatic heterocycles. The molecule has 0 aliphatic carbocycles. The smallest absolute Gasteiger partial charge is 0.408 e. The fourth-order valence-electron chi connectivity index (χ4n) is 2.14. The molecule has 0 heterocycles. The van der Waals surface area contributed by atoms with Crippen LogP contribution in [0.15, 0.2) is 30.8 Å². The molecule has 1 aromatic carbocycles. The van der Waals surface area contributed by atoms with Gasteiger partial charge in [-0.3, -0.25) is 0 Å². The summed E-state index contributed by atoms with van der Waals surface area (Å²) >= 11 is 0. The zero-order chi connectivity index (χ0) is 19.0. The maximum atomic E-state index is 12.4. The molecule has 0 bridgehead atoms. The van der Waals surface area contributed by atoms with Gasteiger partial charge in [-0.1, -0.05) is 50.8 Å². The van der Waals surface area contributed by atoms with Gasteiger partial charge in [-0.2, -0.15) is 0 Å². The van der Waals surface area contributed by atoms with Crippen molar-refractivity contribution in [2.45, 2.75) is 59.3 Å². The summed E-state index contributed by atoms with van der Waals surface area (Å²) < 4.78 is 10.6. The molecule has 0 saturated heterocycles. The van der Waals surface area contributed by atoms with Crippen molar-refractivity contribution in [3.63, 3.8) is 0 Å². The highest BCUT2D eigenvalue weighted by Crippen LogP contribution is 2.12. The Bertz CT molecular complexity index is 585. The zero-order valence-electron chi connectivity index (χ0n) is 15.8. The van der Waals surface area contributed by atoms with Crippen molar-refractivity contribution >= 4 is 18.1 Å². The molecular formula is C20H29NO4. The minimum atomic E-state index is -0.734. The molecule has 138 valence electrons. The van der Waals surface area contributed by atoms with E-state index in [0.717, 1.165) is 11.1 Å². The lowest BCUT2D eigenvalue weighted by Gasteiger charge is -2.23. The second-order valence-corrected chi connectivity index (χ2v) is 7.38. The number of nitrogens with one attached hydrogen (secondary N) is 1. The molecule has 0 fully saturated rings. The minimum absolute atomic E-state index is 0.154. The lowest BCUT2D eigenvalue weighted by atomic mass is 10.0. The Labute approximate surface area is 150 Å². The van der Waals surface area contributed by atoms with Gasteiger partial charge in [-0.05, 0) is 44.2 Å². The number of esters is 1. The van der Waals surface area contributed by atoms with Gasteiger partial charge in [-0.15, -0.1) is 0 Å². The number of amides is 1. The molecule has 0 radical (unpaired) electrons. The summed E-state index contributed by atoms with van der Waals surface area (Å²) in [4.78, 5) is 24.3.